The van der Waals surface area contributed by atoms with E-state index < -0.39 is 17.5 Å². The monoisotopic (exact) mass is 354 g/mol. The molecule has 7 nitrogen and oxygen atoms in total. The molecular weight excluding hydrogens is 332 g/mol. The average molecular weight is 354 g/mol. The molecule has 0 aliphatic carbocycles. The molecule has 2 saturated heterocycles. The van der Waals surface area contributed by atoms with E-state index >= 15 is 0 Å². The fourth-order valence-corrected chi connectivity index (χ4v) is 3.59. The first kappa shape index (κ1) is 17.9. The maximum Gasteiger partial charge on any atom is 0.325 e. The van der Waals surface area contributed by atoms with Gasteiger partial charge in [-0.1, -0.05) is 19.1 Å². The number of carbonyl (C=O) groups is 3. The standard InChI is InChI=1S/C19H22N4O3/c1-13-5-4-8-22(11-13)16(24)12-23-17(25)19(2,21-18(23)26)15-7-3-6-14(9-15)10-20/h3,6-7,9,13H,4-5,8,11-12H2,1-2H3,(H,21,26). The lowest BCUT2D eigenvalue weighted by molar-refractivity contribution is -0.139. The molecule has 0 spiro atoms. The minimum Gasteiger partial charge on any atom is -0.341 e. The zero-order valence-corrected chi connectivity index (χ0v) is 15.0. The summed E-state index contributed by atoms with van der Waals surface area (Å²) >= 11 is 0. The van der Waals surface area contributed by atoms with E-state index in [9.17, 15) is 14.4 Å². The second kappa shape index (κ2) is 6.79. The fraction of sp³-hybridized carbons (Fsp3) is 0.474. The van der Waals surface area contributed by atoms with Crippen molar-refractivity contribution in [1.29, 1.82) is 5.26 Å². The maximum atomic E-state index is 12.9. The van der Waals surface area contributed by atoms with Crippen LogP contribution in [0.3, 0.4) is 0 Å². The van der Waals surface area contributed by atoms with Gasteiger partial charge in [0, 0.05) is 13.1 Å². The largest absolute Gasteiger partial charge is 0.341 e. The van der Waals surface area contributed by atoms with Crippen molar-refractivity contribution < 1.29 is 14.4 Å². The van der Waals surface area contributed by atoms with Gasteiger partial charge in [-0.15, -0.1) is 0 Å². The van der Waals surface area contributed by atoms with Crippen molar-refractivity contribution in [2.45, 2.75) is 32.2 Å². The van der Waals surface area contributed by atoms with Gasteiger partial charge >= 0.3 is 6.03 Å². The first-order valence-corrected chi connectivity index (χ1v) is 8.77. The normalized spacial score (nSPS) is 25.8. The van der Waals surface area contributed by atoms with Crippen molar-refractivity contribution in [2.24, 2.45) is 5.92 Å². The van der Waals surface area contributed by atoms with Crippen molar-refractivity contribution in [1.82, 2.24) is 15.1 Å². The Morgan fingerprint density at radius 1 is 1.42 bits per heavy atom. The van der Waals surface area contributed by atoms with Crippen LogP contribution in [0.5, 0.6) is 0 Å². The molecule has 1 N–H and O–H groups in total. The lowest BCUT2D eigenvalue weighted by Crippen LogP contribution is -2.47. The summed E-state index contributed by atoms with van der Waals surface area (Å²) in [7, 11) is 0. The second-order valence-corrected chi connectivity index (χ2v) is 7.23. The molecule has 0 saturated carbocycles. The number of imide groups is 1. The van der Waals surface area contributed by atoms with Gasteiger partial charge in [0.15, 0.2) is 0 Å². The van der Waals surface area contributed by atoms with Crippen LogP contribution in [-0.2, 0) is 15.1 Å². The predicted molar refractivity (Wildman–Crippen MR) is 93.7 cm³/mol. The van der Waals surface area contributed by atoms with E-state index in [1.165, 1.54) is 0 Å². The Bertz CT molecular complexity index is 800. The quantitative estimate of drug-likeness (QED) is 0.834. The van der Waals surface area contributed by atoms with Crippen LogP contribution in [-0.4, -0.2) is 47.3 Å². The Morgan fingerprint density at radius 2 is 2.19 bits per heavy atom. The van der Waals surface area contributed by atoms with Crippen LogP contribution in [0.15, 0.2) is 24.3 Å². The number of nitrogens with zero attached hydrogens (tertiary/aromatic N) is 3. The van der Waals surface area contributed by atoms with Crippen LogP contribution in [0.1, 0.15) is 37.8 Å². The molecule has 2 aliphatic rings. The van der Waals surface area contributed by atoms with Crippen LogP contribution in [0.2, 0.25) is 0 Å². The number of likely N-dealkylation sites (tertiary alicyclic amines) is 1. The third-order valence-corrected chi connectivity index (χ3v) is 5.15. The topological polar surface area (TPSA) is 93.5 Å². The number of benzene rings is 1. The summed E-state index contributed by atoms with van der Waals surface area (Å²) in [6.45, 7) is 4.74. The first-order chi connectivity index (χ1) is 12.3. The highest BCUT2D eigenvalue weighted by Gasteiger charge is 2.49. The molecule has 0 radical (unpaired) electrons. The van der Waals surface area contributed by atoms with E-state index in [2.05, 4.69) is 12.2 Å². The van der Waals surface area contributed by atoms with Crippen molar-refractivity contribution >= 4 is 17.8 Å². The van der Waals surface area contributed by atoms with E-state index in [1.54, 1.807) is 36.1 Å². The predicted octanol–water partition coefficient (Wildman–Crippen LogP) is 1.58. The van der Waals surface area contributed by atoms with Crippen LogP contribution in [0, 0.1) is 17.2 Å². The molecule has 0 bridgehead atoms. The molecule has 2 aliphatic heterocycles. The van der Waals surface area contributed by atoms with Gasteiger partial charge in [-0.3, -0.25) is 14.5 Å². The highest BCUT2D eigenvalue weighted by atomic mass is 16.2. The summed E-state index contributed by atoms with van der Waals surface area (Å²) < 4.78 is 0. The molecule has 4 amide bonds. The molecule has 2 heterocycles. The summed E-state index contributed by atoms with van der Waals surface area (Å²) in [5.74, 6) is -0.263. The Morgan fingerprint density at radius 3 is 2.88 bits per heavy atom. The third-order valence-electron chi connectivity index (χ3n) is 5.15. The molecule has 136 valence electrons. The van der Waals surface area contributed by atoms with E-state index in [-0.39, 0.29) is 12.5 Å². The van der Waals surface area contributed by atoms with Gasteiger partial charge in [0.2, 0.25) is 5.91 Å². The summed E-state index contributed by atoms with van der Waals surface area (Å²) in [4.78, 5) is 40.5. The smallest absolute Gasteiger partial charge is 0.325 e. The Kier molecular flexibility index (Phi) is 4.68. The SMILES string of the molecule is CC1CCCN(C(=O)CN2C(=O)NC(C)(c3cccc(C#N)c3)C2=O)C1. The number of carbonyl (C=O) groups excluding carboxylic acids is 3. The Balaban J connectivity index is 1.78. The zero-order chi connectivity index (χ0) is 18.9. The minimum atomic E-state index is -1.28. The van der Waals surface area contributed by atoms with E-state index in [0.29, 0.717) is 30.1 Å². The van der Waals surface area contributed by atoms with Gasteiger partial charge in [-0.25, -0.2) is 4.79 Å². The fourth-order valence-electron chi connectivity index (χ4n) is 3.59. The summed E-state index contributed by atoms with van der Waals surface area (Å²) in [5.41, 5.74) is -0.349. The molecule has 1 aromatic rings. The lowest BCUT2D eigenvalue weighted by atomic mass is 9.91. The van der Waals surface area contributed by atoms with Crippen molar-refractivity contribution in [2.75, 3.05) is 19.6 Å². The Hall–Kier alpha value is -2.88. The van der Waals surface area contributed by atoms with Crippen LogP contribution in [0.25, 0.3) is 0 Å². The van der Waals surface area contributed by atoms with Gasteiger partial charge < -0.3 is 10.2 Å². The molecular formula is C19H22N4O3. The number of amides is 4. The highest BCUT2D eigenvalue weighted by Crippen LogP contribution is 2.29. The lowest BCUT2D eigenvalue weighted by Gasteiger charge is -2.31. The number of nitrogens with one attached hydrogen (secondary N) is 1. The van der Waals surface area contributed by atoms with Gasteiger partial charge in [0.05, 0.1) is 11.6 Å². The van der Waals surface area contributed by atoms with Gasteiger partial charge in [0.25, 0.3) is 5.91 Å². The van der Waals surface area contributed by atoms with Crippen LogP contribution in [0.4, 0.5) is 4.79 Å². The van der Waals surface area contributed by atoms with Crippen LogP contribution >= 0.6 is 0 Å². The molecule has 7 heteroatoms. The molecule has 2 unspecified atom stereocenters. The number of rotatable bonds is 3. The minimum absolute atomic E-state index is 0.213. The van der Waals surface area contributed by atoms with Gasteiger partial charge in [0.1, 0.15) is 12.1 Å². The van der Waals surface area contributed by atoms with Crippen molar-refractivity contribution in [3.8, 4) is 6.07 Å². The first-order valence-electron chi connectivity index (χ1n) is 8.77. The number of urea groups is 1. The zero-order valence-electron chi connectivity index (χ0n) is 15.0. The molecule has 2 fully saturated rings. The van der Waals surface area contributed by atoms with Gasteiger partial charge in [-0.2, -0.15) is 5.26 Å². The van der Waals surface area contributed by atoms with E-state index in [4.69, 9.17) is 5.26 Å². The third kappa shape index (κ3) is 3.15. The highest BCUT2D eigenvalue weighted by molar-refractivity contribution is 6.09. The molecule has 26 heavy (non-hydrogen) atoms. The van der Waals surface area contributed by atoms with Crippen molar-refractivity contribution in [3.05, 3.63) is 35.4 Å². The maximum absolute atomic E-state index is 12.9. The second-order valence-electron chi connectivity index (χ2n) is 7.23. The van der Waals surface area contributed by atoms with Crippen LogP contribution < -0.4 is 5.32 Å². The van der Waals surface area contributed by atoms with Crippen molar-refractivity contribution in [3.63, 3.8) is 0 Å². The number of hydrogen-bond acceptors (Lipinski definition) is 4. The molecule has 3 rings (SSSR count). The number of nitriles is 1. The van der Waals surface area contributed by atoms with E-state index in [0.717, 1.165) is 17.7 Å². The molecule has 1 aromatic carbocycles. The summed E-state index contributed by atoms with van der Waals surface area (Å²) in [6, 6.07) is 8.01. The molecule has 2 atom stereocenters. The number of piperidine rings is 1. The average Bonchev–Trinajstić information content (AvgIpc) is 2.86. The summed E-state index contributed by atoms with van der Waals surface area (Å²) in [5, 5.41) is 11.7. The van der Waals surface area contributed by atoms with E-state index in [1.807, 2.05) is 6.07 Å². The Labute approximate surface area is 152 Å². The summed E-state index contributed by atoms with van der Waals surface area (Å²) in [6.07, 6.45) is 2.02. The van der Waals surface area contributed by atoms with Gasteiger partial charge in [-0.05, 0) is 43.4 Å². The number of hydrogen-bond donors (Lipinski definition) is 1. The molecule has 0 aromatic heterocycles.